The number of hydrazone groups is 1. The molecule has 0 fully saturated rings. The fourth-order valence-electron chi connectivity index (χ4n) is 1.93. The van der Waals surface area contributed by atoms with Crippen molar-refractivity contribution in [3.8, 4) is 17.2 Å². The molecule has 2 aromatic rings. The van der Waals surface area contributed by atoms with Crippen LogP contribution in [0.1, 0.15) is 5.56 Å². The minimum atomic E-state index is 0.368. The lowest BCUT2D eigenvalue weighted by atomic mass is 10.2. The first kappa shape index (κ1) is 17.6. The minimum absolute atomic E-state index is 0.368. The second kappa shape index (κ2) is 8.73. The highest BCUT2D eigenvalue weighted by Gasteiger charge is 2.05. The number of ether oxygens (including phenoxy) is 3. The van der Waals surface area contributed by atoms with E-state index in [1.165, 1.54) is 0 Å². The maximum absolute atomic E-state index is 5.25. The van der Waals surface area contributed by atoms with Crippen LogP contribution in [0.15, 0.2) is 47.6 Å². The molecule has 0 saturated carbocycles. The van der Waals surface area contributed by atoms with E-state index in [0.717, 1.165) is 17.0 Å². The molecule has 0 spiro atoms. The van der Waals surface area contributed by atoms with Crippen molar-refractivity contribution in [1.82, 2.24) is 5.43 Å². The zero-order valence-corrected chi connectivity index (χ0v) is 14.5. The van der Waals surface area contributed by atoms with E-state index in [1.807, 2.05) is 30.3 Å². The average molecular weight is 345 g/mol. The van der Waals surface area contributed by atoms with Crippen LogP contribution in [0.3, 0.4) is 0 Å². The van der Waals surface area contributed by atoms with Crippen LogP contribution < -0.4 is 25.0 Å². The number of methoxy groups -OCH3 is 3. The second-order valence-corrected chi connectivity index (χ2v) is 5.08. The van der Waals surface area contributed by atoms with Gasteiger partial charge in [-0.2, -0.15) is 5.10 Å². The molecule has 0 aliphatic carbocycles. The quantitative estimate of drug-likeness (QED) is 0.477. The Morgan fingerprint density at radius 2 is 1.67 bits per heavy atom. The first-order chi connectivity index (χ1) is 11.7. The SMILES string of the molecule is COc1ccc(/C=N/NC(=S)Nc2ccc(OC)c(OC)c2)cc1. The van der Waals surface area contributed by atoms with Crippen LogP contribution in [0, 0.1) is 0 Å². The van der Waals surface area contributed by atoms with Gasteiger partial charge in [0.05, 0.1) is 27.5 Å². The molecule has 0 radical (unpaired) electrons. The highest BCUT2D eigenvalue weighted by atomic mass is 32.1. The summed E-state index contributed by atoms with van der Waals surface area (Å²) in [5.74, 6) is 2.07. The highest BCUT2D eigenvalue weighted by Crippen LogP contribution is 2.29. The fourth-order valence-corrected chi connectivity index (χ4v) is 2.10. The number of nitrogens with one attached hydrogen (secondary N) is 2. The summed E-state index contributed by atoms with van der Waals surface area (Å²) in [6.07, 6.45) is 1.67. The van der Waals surface area contributed by atoms with E-state index in [9.17, 15) is 0 Å². The Morgan fingerprint density at radius 3 is 2.29 bits per heavy atom. The average Bonchev–Trinajstić information content (AvgIpc) is 2.62. The van der Waals surface area contributed by atoms with E-state index in [-0.39, 0.29) is 0 Å². The number of benzene rings is 2. The lowest BCUT2D eigenvalue weighted by Crippen LogP contribution is -2.23. The van der Waals surface area contributed by atoms with Crippen LogP contribution >= 0.6 is 12.2 Å². The van der Waals surface area contributed by atoms with Gasteiger partial charge >= 0.3 is 0 Å². The van der Waals surface area contributed by atoms with Crippen molar-refractivity contribution in [3.05, 3.63) is 48.0 Å². The van der Waals surface area contributed by atoms with E-state index < -0.39 is 0 Å². The molecule has 126 valence electrons. The summed E-state index contributed by atoms with van der Waals surface area (Å²) in [6, 6.07) is 12.9. The molecule has 0 aliphatic rings. The number of hydrogen-bond donors (Lipinski definition) is 2. The van der Waals surface area contributed by atoms with Crippen LogP contribution in [0.2, 0.25) is 0 Å². The van der Waals surface area contributed by atoms with Gasteiger partial charge in [0.1, 0.15) is 5.75 Å². The van der Waals surface area contributed by atoms with Crippen molar-refractivity contribution in [3.63, 3.8) is 0 Å². The van der Waals surface area contributed by atoms with Crippen molar-refractivity contribution < 1.29 is 14.2 Å². The van der Waals surface area contributed by atoms with Gasteiger partial charge in [-0.1, -0.05) is 0 Å². The number of nitrogens with zero attached hydrogens (tertiary/aromatic N) is 1. The van der Waals surface area contributed by atoms with Gasteiger partial charge in [0, 0.05) is 11.8 Å². The molecule has 0 unspecified atom stereocenters. The Balaban J connectivity index is 1.91. The molecule has 0 aromatic heterocycles. The van der Waals surface area contributed by atoms with E-state index in [4.69, 9.17) is 26.4 Å². The van der Waals surface area contributed by atoms with Gasteiger partial charge in [-0.25, -0.2) is 0 Å². The largest absolute Gasteiger partial charge is 0.497 e. The van der Waals surface area contributed by atoms with Crippen molar-refractivity contribution in [1.29, 1.82) is 0 Å². The summed E-state index contributed by atoms with van der Waals surface area (Å²) in [5.41, 5.74) is 4.46. The molecule has 2 N–H and O–H groups in total. The molecular weight excluding hydrogens is 326 g/mol. The number of thiocarbonyl (C=S) groups is 1. The Morgan fingerprint density at radius 1 is 0.958 bits per heavy atom. The van der Waals surface area contributed by atoms with Crippen LogP contribution in [-0.2, 0) is 0 Å². The van der Waals surface area contributed by atoms with Crippen molar-refractivity contribution in [2.24, 2.45) is 5.10 Å². The Bertz CT molecular complexity index is 718. The molecule has 0 amide bonds. The second-order valence-electron chi connectivity index (χ2n) is 4.67. The summed E-state index contributed by atoms with van der Waals surface area (Å²) in [7, 11) is 4.80. The summed E-state index contributed by atoms with van der Waals surface area (Å²) < 4.78 is 15.5. The zero-order valence-electron chi connectivity index (χ0n) is 13.7. The predicted octanol–water partition coefficient (Wildman–Crippen LogP) is 3.03. The normalized spacial score (nSPS) is 10.3. The third-order valence-electron chi connectivity index (χ3n) is 3.14. The summed E-state index contributed by atoms with van der Waals surface area (Å²) in [5, 5.41) is 7.49. The molecule has 7 heteroatoms. The molecule has 0 atom stereocenters. The summed E-state index contributed by atoms with van der Waals surface area (Å²) >= 11 is 5.20. The standard InChI is InChI=1S/C17H19N3O3S/c1-21-14-7-4-12(5-8-14)11-18-20-17(24)19-13-6-9-15(22-2)16(10-13)23-3/h4-11H,1-3H3,(H2,19,20,24)/b18-11+. The Labute approximate surface area is 146 Å². The van der Waals surface area contributed by atoms with Crippen LogP contribution in [-0.4, -0.2) is 32.7 Å². The topological polar surface area (TPSA) is 64.1 Å². The van der Waals surface area contributed by atoms with Gasteiger partial charge in [0.15, 0.2) is 16.6 Å². The van der Waals surface area contributed by atoms with E-state index in [0.29, 0.717) is 16.6 Å². The molecule has 0 heterocycles. The van der Waals surface area contributed by atoms with E-state index in [2.05, 4.69) is 15.8 Å². The Kier molecular flexibility index (Phi) is 6.39. The molecule has 0 saturated heterocycles. The third kappa shape index (κ3) is 4.85. The number of anilines is 1. The molecule has 2 rings (SSSR count). The van der Waals surface area contributed by atoms with Gasteiger partial charge in [-0.05, 0) is 54.2 Å². The third-order valence-corrected chi connectivity index (χ3v) is 3.33. The first-order valence-electron chi connectivity index (χ1n) is 7.12. The molecular formula is C17H19N3O3S. The zero-order chi connectivity index (χ0) is 17.4. The predicted molar refractivity (Wildman–Crippen MR) is 99.5 cm³/mol. The first-order valence-corrected chi connectivity index (χ1v) is 7.53. The molecule has 0 aliphatic heterocycles. The Hall–Kier alpha value is -2.80. The van der Waals surface area contributed by atoms with Crippen molar-refractivity contribution in [2.45, 2.75) is 0 Å². The lowest BCUT2D eigenvalue weighted by Gasteiger charge is -2.11. The molecule has 2 aromatic carbocycles. The van der Waals surface area contributed by atoms with Crippen LogP contribution in [0.25, 0.3) is 0 Å². The van der Waals surface area contributed by atoms with Crippen molar-refractivity contribution in [2.75, 3.05) is 26.6 Å². The van der Waals surface area contributed by atoms with Crippen LogP contribution in [0.4, 0.5) is 5.69 Å². The minimum Gasteiger partial charge on any atom is -0.497 e. The lowest BCUT2D eigenvalue weighted by molar-refractivity contribution is 0.355. The number of rotatable bonds is 6. The van der Waals surface area contributed by atoms with Gasteiger partial charge in [-0.15, -0.1) is 0 Å². The fraction of sp³-hybridized carbons (Fsp3) is 0.176. The maximum Gasteiger partial charge on any atom is 0.191 e. The molecule has 0 bridgehead atoms. The van der Waals surface area contributed by atoms with Gasteiger partial charge in [-0.3, -0.25) is 5.43 Å². The van der Waals surface area contributed by atoms with E-state index >= 15 is 0 Å². The smallest absolute Gasteiger partial charge is 0.191 e. The van der Waals surface area contributed by atoms with Gasteiger partial charge < -0.3 is 19.5 Å². The summed E-state index contributed by atoms with van der Waals surface area (Å²) in [4.78, 5) is 0. The van der Waals surface area contributed by atoms with Gasteiger partial charge in [0.2, 0.25) is 0 Å². The molecule has 24 heavy (non-hydrogen) atoms. The van der Waals surface area contributed by atoms with Crippen molar-refractivity contribution >= 4 is 29.2 Å². The summed E-state index contributed by atoms with van der Waals surface area (Å²) in [6.45, 7) is 0. The monoisotopic (exact) mass is 345 g/mol. The molecule has 6 nitrogen and oxygen atoms in total. The van der Waals surface area contributed by atoms with Crippen LogP contribution in [0.5, 0.6) is 17.2 Å². The van der Waals surface area contributed by atoms with Gasteiger partial charge in [0.25, 0.3) is 0 Å². The maximum atomic E-state index is 5.25. The highest BCUT2D eigenvalue weighted by molar-refractivity contribution is 7.80. The van der Waals surface area contributed by atoms with E-state index in [1.54, 1.807) is 39.7 Å². The number of hydrogen-bond acceptors (Lipinski definition) is 5.